The number of aromatic nitrogens is 1. The van der Waals surface area contributed by atoms with Gasteiger partial charge in [-0.3, -0.25) is 0 Å². The van der Waals surface area contributed by atoms with E-state index in [1.807, 2.05) is 36.4 Å². The fraction of sp³-hybridized carbons (Fsp3) is 0.250. The van der Waals surface area contributed by atoms with Gasteiger partial charge in [0.05, 0.1) is 0 Å². The van der Waals surface area contributed by atoms with Gasteiger partial charge in [-0.05, 0) is 43.5 Å². The largest absolute Gasteiger partial charge is 0.358 e. The third kappa shape index (κ3) is 2.64. The first kappa shape index (κ1) is 14.8. The fourth-order valence-electron chi connectivity index (χ4n) is 3.57. The van der Waals surface area contributed by atoms with Crippen LogP contribution in [0.25, 0.3) is 10.9 Å². The smallest absolute Gasteiger partial charge is 0.319 e. The maximum Gasteiger partial charge on any atom is 0.319 e. The van der Waals surface area contributed by atoms with Gasteiger partial charge in [0.15, 0.2) is 0 Å². The van der Waals surface area contributed by atoms with Crippen molar-refractivity contribution >= 4 is 22.6 Å². The number of para-hydroxylation sites is 2. The van der Waals surface area contributed by atoms with Crippen molar-refractivity contribution in [1.82, 2.24) is 10.3 Å². The molecule has 2 amide bonds. The van der Waals surface area contributed by atoms with E-state index in [1.54, 1.807) is 0 Å². The van der Waals surface area contributed by atoms with Crippen molar-refractivity contribution in [3.05, 3.63) is 65.9 Å². The van der Waals surface area contributed by atoms with Gasteiger partial charge >= 0.3 is 6.03 Å². The highest BCUT2D eigenvalue weighted by molar-refractivity contribution is 5.90. The Morgan fingerprint density at radius 3 is 2.54 bits per heavy atom. The van der Waals surface area contributed by atoms with Crippen LogP contribution in [0.5, 0.6) is 0 Å². The summed E-state index contributed by atoms with van der Waals surface area (Å²) < 4.78 is 0. The lowest BCUT2D eigenvalue weighted by Gasteiger charge is -2.17. The van der Waals surface area contributed by atoms with Crippen molar-refractivity contribution in [3.8, 4) is 0 Å². The molecule has 0 unspecified atom stereocenters. The minimum atomic E-state index is -0.148. The Labute approximate surface area is 141 Å². The van der Waals surface area contributed by atoms with Crippen molar-refractivity contribution in [1.29, 1.82) is 0 Å². The Hall–Kier alpha value is -2.75. The first-order chi connectivity index (χ1) is 11.7. The van der Waals surface area contributed by atoms with Gasteiger partial charge < -0.3 is 15.6 Å². The number of urea groups is 1. The number of hydrogen-bond acceptors (Lipinski definition) is 1. The molecule has 3 aromatic rings. The highest BCUT2D eigenvalue weighted by Crippen LogP contribution is 2.51. The number of fused-ring (bicyclic) bond motifs is 1. The van der Waals surface area contributed by atoms with Gasteiger partial charge in [0, 0.05) is 34.2 Å². The van der Waals surface area contributed by atoms with Crippen LogP contribution in [0.3, 0.4) is 0 Å². The summed E-state index contributed by atoms with van der Waals surface area (Å²) >= 11 is 0. The van der Waals surface area contributed by atoms with Crippen LogP contribution in [0, 0.1) is 6.92 Å². The zero-order valence-electron chi connectivity index (χ0n) is 13.7. The molecule has 0 aliphatic heterocycles. The van der Waals surface area contributed by atoms with Gasteiger partial charge in [0.25, 0.3) is 0 Å². The highest BCUT2D eigenvalue weighted by atomic mass is 16.2. The molecule has 24 heavy (non-hydrogen) atoms. The molecule has 4 rings (SSSR count). The predicted molar refractivity (Wildman–Crippen MR) is 97.4 cm³/mol. The standard InChI is InChI=1S/C20H21N3O/c1-14-18(16-9-5-6-10-17(16)22-14)20(11-12-20)13-21-19(24)23-15-7-3-2-4-8-15/h2-10,22H,11-13H2,1H3,(H2,21,23,24). The molecule has 1 aliphatic carbocycles. The Morgan fingerprint density at radius 1 is 1.08 bits per heavy atom. The molecule has 0 atom stereocenters. The van der Waals surface area contributed by atoms with Crippen LogP contribution in [0.2, 0.25) is 0 Å². The lowest BCUT2D eigenvalue weighted by molar-refractivity contribution is 0.251. The molecular weight excluding hydrogens is 298 g/mol. The van der Waals surface area contributed by atoms with E-state index in [1.165, 1.54) is 22.2 Å². The molecule has 1 aromatic heterocycles. The fourth-order valence-corrected chi connectivity index (χ4v) is 3.57. The Balaban J connectivity index is 1.50. The van der Waals surface area contributed by atoms with Crippen molar-refractivity contribution in [2.45, 2.75) is 25.2 Å². The summed E-state index contributed by atoms with van der Waals surface area (Å²) in [4.78, 5) is 15.6. The minimum absolute atomic E-state index is 0.0672. The van der Waals surface area contributed by atoms with E-state index in [0.29, 0.717) is 6.54 Å². The number of nitrogens with one attached hydrogen (secondary N) is 3. The summed E-state index contributed by atoms with van der Waals surface area (Å²) in [7, 11) is 0. The molecule has 1 saturated carbocycles. The molecular formula is C20H21N3O. The first-order valence-electron chi connectivity index (χ1n) is 8.36. The number of amides is 2. The lowest BCUT2D eigenvalue weighted by Crippen LogP contribution is -2.35. The zero-order valence-corrected chi connectivity index (χ0v) is 13.7. The molecule has 0 radical (unpaired) electrons. The van der Waals surface area contributed by atoms with Crippen LogP contribution < -0.4 is 10.6 Å². The van der Waals surface area contributed by atoms with E-state index in [9.17, 15) is 4.79 Å². The average molecular weight is 319 g/mol. The van der Waals surface area contributed by atoms with Gasteiger partial charge in [-0.25, -0.2) is 4.79 Å². The molecule has 1 aliphatic rings. The molecule has 122 valence electrons. The molecule has 4 heteroatoms. The molecule has 1 heterocycles. The number of benzene rings is 2. The molecule has 0 bridgehead atoms. The molecule has 2 aromatic carbocycles. The van der Waals surface area contributed by atoms with E-state index in [0.717, 1.165) is 18.5 Å². The van der Waals surface area contributed by atoms with Crippen LogP contribution in [0.4, 0.5) is 10.5 Å². The number of hydrogen-bond donors (Lipinski definition) is 3. The van der Waals surface area contributed by atoms with Gasteiger partial charge in [-0.15, -0.1) is 0 Å². The molecule has 0 spiro atoms. The number of rotatable bonds is 4. The Bertz CT molecular complexity index is 878. The van der Waals surface area contributed by atoms with E-state index >= 15 is 0 Å². The van der Waals surface area contributed by atoms with Crippen LogP contribution in [-0.4, -0.2) is 17.6 Å². The lowest BCUT2D eigenvalue weighted by atomic mass is 9.93. The van der Waals surface area contributed by atoms with Gasteiger partial charge in [0.2, 0.25) is 0 Å². The average Bonchev–Trinajstić information content (AvgIpc) is 3.29. The number of carbonyl (C=O) groups excluding carboxylic acids is 1. The van der Waals surface area contributed by atoms with Gasteiger partial charge in [-0.2, -0.15) is 0 Å². The predicted octanol–water partition coefficient (Wildman–Crippen LogP) is 4.33. The van der Waals surface area contributed by atoms with Crippen LogP contribution in [0.15, 0.2) is 54.6 Å². The molecule has 3 N–H and O–H groups in total. The summed E-state index contributed by atoms with van der Waals surface area (Å²) in [5, 5.41) is 7.21. The Kier molecular flexibility index (Phi) is 3.53. The van der Waals surface area contributed by atoms with Crippen molar-refractivity contribution in [3.63, 3.8) is 0 Å². The SMILES string of the molecule is Cc1[nH]c2ccccc2c1C1(CNC(=O)Nc2ccccc2)CC1. The maximum absolute atomic E-state index is 12.2. The quantitative estimate of drug-likeness (QED) is 0.658. The first-order valence-corrected chi connectivity index (χ1v) is 8.36. The van der Waals surface area contributed by atoms with Crippen molar-refractivity contribution in [2.75, 3.05) is 11.9 Å². The Morgan fingerprint density at radius 2 is 1.79 bits per heavy atom. The second-order valence-corrected chi connectivity index (χ2v) is 6.62. The molecule has 1 fully saturated rings. The molecule has 4 nitrogen and oxygen atoms in total. The number of anilines is 1. The van der Waals surface area contributed by atoms with E-state index in [-0.39, 0.29) is 11.4 Å². The summed E-state index contributed by atoms with van der Waals surface area (Å²) in [6, 6.07) is 17.8. The van der Waals surface area contributed by atoms with E-state index < -0.39 is 0 Å². The highest BCUT2D eigenvalue weighted by Gasteiger charge is 2.46. The zero-order chi connectivity index (χ0) is 16.6. The summed E-state index contributed by atoms with van der Waals surface area (Å²) in [6.07, 6.45) is 2.22. The third-order valence-corrected chi connectivity index (χ3v) is 4.90. The third-order valence-electron chi connectivity index (χ3n) is 4.90. The summed E-state index contributed by atoms with van der Waals surface area (Å²) in [5.74, 6) is 0. The normalized spacial score (nSPS) is 15.2. The number of H-pyrrole nitrogens is 1. The van der Waals surface area contributed by atoms with Crippen LogP contribution in [-0.2, 0) is 5.41 Å². The van der Waals surface area contributed by atoms with Gasteiger partial charge in [-0.1, -0.05) is 36.4 Å². The monoisotopic (exact) mass is 319 g/mol. The minimum Gasteiger partial charge on any atom is -0.358 e. The van der Waals surface area contributed by atoms with E-state index in [4.69, 9.17) is 0 Å². The number of aromatic amines is 1. The van der Waals surface area contributed by atoms with Crippen molar-refractivity contribution < 1.29 is 4.79 Å². The van der Waals surface area contributed by atoms with Gasteiger partial charge in [0.1, 0.15) is 0 Å². The van der Waals surface area contributed by atoms with Crippen LogP contribution >= 0.6 is 0 Å². The molecule has 0 saturated heterocycles. The number of aryl methyl sites for hydroxylation is 1. The van der Waals surface area contributed by atoms with Crippen LogP contribution in [0.1, 0.15) is 24.1 Å². The second-order valence-electron chi connectivity index (χ2n) is 6.62. The number of carbonyl (C=O) groups is 1. The summed E-state index contributed by atoms with van der Waals surface area (Å²) in [6.45, 7) is 2.79. The second kappa shape index (κ2) is 5.71. The van der Waals surface area contributed by atoms with E-state index in [2.05, 4.69) is 40.7 Å². The topological polar surface area (TPSA) is 56.9 Å². The maximum atomic E-state index is 12.2. The van der Waals surface area contributed by atoms with Crippen molar-refractivity contribution in [2.24, 2.45) is 0 Å². The summed E-state index contributed by atoms with van der Waals surface area (Å²) in [5.41, 5.74) is 4.61.